The molecule has 134 valence electrons. The Balaban J connectivity index is 0.00000208. The first kappa shape index (κ1) is 19.1. The summed E-state index contributed by atoms with van der Waals surface area (Å²) < 4.78 is 6.11. The number of carbonyl (C=O) groups is 1. The summed E-state index contributed by atoms with van der Waals surface area (Å²) >= 11 is 0. The average molecular weight is 353 g/mol. The number of halogens is 1. The number of piperidine rings is 1. The molecule has 0 spiro atoms. The van der Waals surface area contributed by atoms with Crippen molar-refractivity contribution in [1.29, 1.82) is 0 Å². The minimum absolute atomic E-state index is 0. The van der Waals surface area contributed by atoms with Gasteiger partial charge in [-0.2, -0.15) is 0 Å². The maximum Gasteiger partial charge on any atom is 0.225 e. The highest BCUT2D eigenvalue weighted by atomic mass is 35.5. The molecular formula is C19H29ClN2O2. The first-order valence-electron chi connectivity index (χ1n) is 8.78. The van der Waals surface area contributed by atoms with Crippen molar-refractivity contribution in [2.45, 2.75) is 39.7 Å². The van der Waals surface area contributed by atoms with E-state index in [4.69, 9.17) is 4.74 Å². The van der Waals surface area contributed by atoms with Gasteiger partial charge in [-0.25, -0.2) is 0 Å². The van der Waals surface area contributed by atoms with Gasteiger partial charge in [0.25, 0.3) is 0 Å². The van der Waals surface area contributed by atoms with E-state index in [1.807, 2.05) is 11.0 Å². The van der Waals surface area contributed by atoms with Gasteiger partial charge in [-0.05, 0) is 56.1 Å². The van der Waals surface area contributed by atoms with Crippen LogP contribution in [0.1, 0.15) is 30.9 Å². The zero-order valence-electron chi connectivity index (χ0n) is 14.9. The Morgan fingerprint density at radius 1 is 1.21 bits per heavy atom. The van der Waals surface area contributed by atoms with Crippen LogP contribution in [0.5, 0.6) is 5.75 Å². The van der Waals surface area contributed by atoms with Crippen LogP contribution in [0.15, 0.2) is 18.2 Å². The van der Waals surface area contributed by atoms with Crippen LogP contribution in [-0.2, 0) is 4.79 Å². The van der Waals surface area contributed by atoms with Gasteiger partial charge in [-0.1, -0.05) is 13.0 Å². The highest BCUT2D eigenvalue weighted by Crippen LogP contribution is 2.24. The number of nitrogens with zero attached hydrogens (tertiary/aromatic N) is 1. The molecule has 1 amide bonds. The van der Waals surface area contributed by atoms with Gasteiger partial charge < -0.3 is 15.0 Å². The lowest BCUT2D eigenvalue weighted by atomic mass is 9.87. The maximum absolute atomic E-state index is 12.5. The zero-order chi connectivity index (χ0) is 16.4. The molecule has 0 bridgehead atoms. The van der Waals surface area contributed by atoms with Gasteiger partial charge >= 0.3 is 0 Å². The van der Waals surface area contributed by atoms with Crippen LogP contribution in [0, 0.1) is 25.7 Å². The van der Waals surface area contributed by atoms with Gasteiger partial charge in [0.05, 0.1) is 0 Å². The lowest BCUT2D eigenvalue weighted by Crippen LogP contribution is -2.52. The summed E-state index contributed by atoms with van der Waals surface area (Å²) in [5.74, 6) is 1.94. The predicted molar refractivity (Wildman–Crippen MR) is 98.9 cm³/mol. The van der Waals surface area contributed by atoms with E-state index in [1.54, 1.807) is 0 Å². The third-order valence-corrected chi connectivity index (χ3v) is 5.44. The third kappa shape index (κ3) is 4.22. The number of benzene rings is 1. The largest absolute Gasteiger partial charge is 0.490 e. The van der Waals surface area contributed by atoms with Gasteiger partial charge in [0.2, 0.25) is 5.91 Å². The molecule has 1 aromatic carbocycles. The highest BCUT2D eigenvalue weighted by molar-refractivity contribution is 5.85. The second-order valence-electron chi connectivity index (χ2n) is 7.10. The van der Waals surface area contributed by atoms with Crippen molar-refractivity contribution in [3.05, 3.63) is 29.3 Å². The molecule has 2 heterocycles. The summed E-state index contributed by atoms with van der Waals surface area (Å²) in [6.07, 6.45) is 2.07. The lowest BCUT2D eigenvalue weighted by Gasteiger charge is -2.38. The predicted octanol–water partition coefficient (Wildman–Crippen LogP) is 2.95. The number of likely N-dealkylation sites (tertiary alicyclic amines) is 1. The van der Waals surface area contributed by atoms with Gasteiger partial charge in [0.1, 0.15) is 11.9 Å². The standard InChI is InChI=1S/C19H28N2O2.ClH/c1-13-4-5-18(10-14(13)2)23-17-6-8-21(9-7-17)19(22)15(3)16-11-20-12-16;/h4-5,10,15-17,20H,6-9,11-12H2,1-3H3;1H. The summed E-state index contributed by atoms with van der Waals surface area (Å²) in [5, 5.41) is 3.25. The van der Waals surface area contributed by atoms with E-state index in [0.29, 0.717) is 11.8 Å². The number of ether oxygens (including phenoxy) is 1. The number of hydrogen-bond donors (Lipinski definition) is 1. The molecule has 2 aliphatic rings. The quantitative estimate of drug-likeness (QED) is 0.905. The molecule has 2 saturated heterocycles. The minimum Gasteiger partial charge on any atom is -0.490 e. The fraction of sp³-hybridized carbons (Fsp3) is 0.632. The zero-order valence-corrected chi connectivity index (χ0v) is 15.7. The molecule has 4 nitrogen and oxygen atoms in total. The van der Waals surface area contributed by atoms with Crippen molar-refractivity contribution < 1.29 is 9.53 Å². The molecule has 3 rings (SSSR count). The van der Waals surface area contributed by atoms with Crippen LogP contribution in [0.3, 0.4) is 0 Å². The molecule has 0 saturated carbocycles. The molecule has 5 heteroatoms. The number of hydrogen-bond acceptors (Lipinski definition) is 3. The molecule has 2 aliphatic heterocycles. The van der Waals surface area contributed by atoms with E-state index in [9.17, 15) is 4.79 Å². The van der Waals surface area contributed by atoms with E-state index >= 15 is 0 Å². The summed E-state index contributed by atoms with van der Waals surface area (Å²) in [6.45, 7) is 9.91. The Labute approximate surface area is 151 Å². The van der Waals surface area contributed by atoms with E-state index < -0.39 is 0 Å². The summed E-state index contributed by atoms with van der Waals surface area (Å²) in [4.78, 5) is 14.6. The maximum atomic E-state index is 12.5. The normalized spacial score (nSPS) is 20.0. The Morgan fingerprint density at radius 3 is 2.42 bits per heavy atom. The topological polar surface area (TPSA) is 41.6 Å². The van der Waals surface area contributed by atoms with E-state index in [-0.39, 0.29) is 24.4 Å². The summed E-state index contributed by atoms with van der Waals surface area (Å²) in [6, 6.07) is 6.27. The molecule has 0 radical (unpaired) electrons. The number of carbonyl (C=O) groups excluding carboxylic acids is 1. The van der Waals surface area contributed by atoms with Crippen molar-refractivity contribution in [1.82, 2.24) is 10.2 Å². The van der Waals surface area contributed by atoms with Gasteiger partial charge in [-0.15, -0.1) is 12.4 Å². The van der Waals surface area contributed by atoms with Crippen LogP contribution in [0.4, 0.5) is 0 Å². The Kier molecular flexibility index (Phi) is 6.53. The number of aryl methyl sites for hydroxylation is 2. The molecule has 1 atom stereocenters. The Morgan fingerprint density at radius 2 is 1.88 bits per heavy atom. The second-order valence-corrected chi connectivity index (χ2v) is 7.10. The smallest absolute Gasteiger partial charge is 0.225 e. The molecule has 24 heavy (non-hydrogen) atoms. The Hall–Kier alpha value is -1.26. The molecule has 1 N–H and O–H groups in total. The van der Waals surface area contributed by atoms with Crippen molar-refractivity contribution in [2.24, 2.45) is 11.8 Å². The molecule has 1 aromatic rings. The van der Waals surface area contributed by atoms with Gasteiger partial charge in [-0.3, -0.25) is 4.79 Å². The SMILES string of the molecule is Cc1ccc(OC2CCN(C(=O)C(C)C3CNC3)CC2)cc1C.Cl. The molecule has 2 fully saturated rings. The van der Waals surface area contributed by atoms with Crippen molar-refractivity contribution >= 4 is 18.3 Å². The van der Waals surface area contributed by atoms with Crippen LogP contribution >= 0.6 is 12.4 Å². The van der Waals surface area contributed by atoms with Crippen molar-refractivity contribution in [3.63, 3.8) is 0 Å². The first-order chi connectivity index (χ1) is 11.0. The molecule has 0 aliphatic carbocycles. The fourth-order valence-electron chi connectivity index (χ4n) is 3.33. The number of rotatable bonds is 4. The third-order valence-electron chi connectivity index (χ3n) is 5.44. The lowest BCUT2D eigenvalue weighted by molar-refractivity contribution is -0.139. The molecule has 0 aromatic heterocycles. The summed E-state index contributed by atoms with van der Waals surface area (Å²) in [5.41, 5.74) is 2.55. The monoisotopic (exact) mass is 352 g/mol. The van der Waals surface area contributed by atoms with Crippen LogP contribution in [0.25, 0.3) is 0 Å². The first-order valence-corrected chi connectivity index (χ1v) is 8.78. The number of nitrogens with one attached hydrogen (secondary N) is 1. The van der Waals surface area contributed by atoms with Crippen molar-refractivity contribution in [2.75, 3.05) is 26.2 Å². The van der Waals surface area contributed by atoms with E-state index in [0.717, 1.165) is 44.8 Å². The number of amides is 1. The van der Waals surface area contributed by atoms with Gasteiger partial charge in [0, 0.05) is 31.8 Å². The molecular weight excluding hydrogens is 324 g/mol. The molecule has 1 unspecified atom stereocenters. The Bertz CT molecular complexity index is 566. The van der Waals surface area contributed by atoms with Crippen LogP contribution < -0.4 is 10.1 Å². The average Bonchev–Trinajstić information content (AvgIpc) is 2.49. The van der Waals surface area contributed by atoms with E-state index in [2.05, 4.69) is 38.2 Å². The highest BCUT2D eigenvalue weighted by Gasteiger charge is 2.33. The van der Waals surface area contributed by atoms with Crippen LogP contribution in [0.2, 0.25) is 0 Å². The fourth-order valence-corrected chi connectivity index (χ4v) is 3.33. The van der Waals surface area contributed by atoms with Gasteiger partial charge in [0.15, 0.2) is 0 Å². The van der Waals surface area contributed by atoms with Crippen molar-refractivity contribution in [3.8, 4) is 5.75 Å². The minimum atomic E-state index is 0. The summed E-state index contributed by atoms with van der Waals surface area (Å²) in [7, 11) is 0. The second kappa shape index (κ2) is 8.21. The van der Waals surface area contributed by atoms with E-state index in [1.165, 1.54) is 11.1 Å². The van der Waals surface area contributed by atoms with Crippen LogP contribution in [-0.4, -0.2) is 43.1 Å².